The van der Waals surface area contributed by atoms with Crippen LogP contribution in [-0.2, 0) is 11.2 Å². The van der Waals surface area contributed by atoms with Crippen molar-refractivity contribution >= 4 is 17.5 Å². The lowest BCUT2D eigenvalue weighted by Gasteiger charge is -2.37. The number of carbonyl (C=O) groups excluding carboxylic acids is 1. The molecule has 1 heterocycles. The Kier molecular flexibility index (Phi) is 6.94. The maximum atomic E-state index is 13.0. The molecule has 0 fully saturated rings. The molecule has 0 saturated heterocycles. The average molecular weight is 403 g/mol. The molecule has 0 aromatic heterocycles. The van der Waals surface area contributed by atoms with Crippen LogP contribution in [-0.4, -0.2) is 43.7 Å². The quantitative estimate of drug-likeness (QED) is 0.758. The number of nitrogens with zero attached hydrogens (tertiary/aromatic N) is 1. The highest BCUT2D eigenvalue weighted by Crippen LogP contribution is 2.29. The number of carbonyl (C=O) groups is 1. The van der Waals surface area contributed by atoms with Gasteiger partial charge in [0.25, 0.3) is 5.91 Å². The molecule has 0 aliphatic carbocycles. The van der Waals surface area contributed by atoms with Crippen molar-refractivity contribution < 1.29 is 14.3 Å². The van der Waals surface area contributed by atoms with Crippen LogP contribution in [0.4, 0.5) is 0 Å². The van der Waals surface area contributed by atoms with Gasteiger partial charge in [-0.15, -0.1) is 0 Å². The summed E-state index contributed by atoms with van der Waals surface area (Å²) in [7, 11) is 1.69. The van der Waals surface area contributed by atoms with Crippen LogP contribution in [0.1, 0.15) is 41.5 Å². The molecule has 0 radical (unpaired) electrons. The third kappa shape index (κ3) is 4.85. The average Bonchev–Trinajstić information content (AvgIpc) is 2.68. The highest BCUT2D eigenvalue weighted by atomic mass is 35.5. The first-order valence-electron chi connectivity index (χ1n) is 9.57. The Labute approximate surface area is 171 Å². The summed E-state index contributed by atoms with van der Waals surface area (Å²) in [5.41, 5.74) is 2.90. The Balaban J connectivity index is 1.81. The molecule has 1 aliphatic heterocycles. The van der Waals surface area contributed by atoms with Gasteiger partial charge in [-0.25, -0.2) is 0 Å². The number of fused-ring (bicyclic) bond motifs is 1. The minimum Gasteiger partial charge on any atom is -0.489 e. The summed E-state index contributed by atoms with van der Waals surface area (Å²) >= 11 is 6.31. The van der Waals surface area contributed by atoms with E-state index in [1.54, 1.807) is 25.3 Å². The van der Waals surface area contributed by atoms with Gasteiger partial charge in [0, 0.05) is 25.8 Å². The number of hydrogen-bond donors (Lipinski definition) is 1. The van der Waals surface area contributed by atoms with E-state index in [-0.39, 0.29) is 18.2 Å². The van der Waals surface area contributed by atoms with Crippen molar-refractivity contribution in [1.82, 2.24) is 10.2 Å². The van der Waals surface area contributed by atoms with Crippen LogP contribution in [0.3, 0.4) is 0 Å². The van der Waals surface area contributed by atoms with Crippen molar-refractivity contribution in [1.29, 1.82) is 0 Å². The van der Waals surface area contributed by atoms with Crippen LogP contribution in [0, 0.1) is 0 Å². The van der Waals surface area contributed by atoms with Crippen molar-refractivity contribution in [3.8, 4) is 5.75 Å². The van der Waals surface area contributed by atoms with Gasteiger partial charge in [-0.3, -0.25) is 9.69 Å². The molecule has 6 heteroatoms. The van der Waals surface area contributed by atoms with Gasteiger partial charge in [0.05, 0.1) is 17.7 Å². The van der Waals surface area contributed by atoms with E-state index in [0.29, 0.717) is 22.9 Å². The van der Waals surface area contributed by atoms with Crippen LogP contribution in [0.5, 0.6) is 5.75 Å². The van der Waals surface area contributed by atoms with Gasteiger partial charge in [0.15, 0.2) is 0 Å². The number of amides is 1. The molecular weight excluding hydrogens is 376 g/mol. The number of halogens is 1. The lowest BCUT2D eigenvalue weighted by Crippen LogP contribution is -2.46. The Hall–Kier alpha value is -2.08. The van der Waals surface area contributed by atoms with E-state index in [2.05, 4.69) is 22.3 Å². The predicted octanol–water partition coefficient (Wildman–Crippen LogP) is 4.06. The molecule has 1 unspecified atom stereocenters. The smallest absolute Gasteiger partial charge is 0.252 e. The fraction of sp³-hybridized carbons (Fsp3) is 0.409. The predicted molar refractivity (Wildman–Crippen MR) is 111 cm³/mol. The van der Waals surface area contributed by atoms with Crippen molar-refractivity contribution in [3.63, 3.8) is 0 Å². The minimum atomic E-state index is -0.196. The fourth-order valence-electron chi connectivity index (χ4n) is 3.44. The van der Waals surface area contributed by atoms with Crippen LogP contribution >= 0.6 is 11.6 Å². The molecule has 2 aromatic carbocycles. The minimum absolute atomic E-state index is 0.0188. The summed E-state index contributed by atoms with van der Waals surface area (Å²) in [4.78, 5) is 15.2. The molecule has 1 N–H and O–H groups in total. The van der Waals surface area contributed by atoms with E-state index in [0.717, 1.165) is 25.1 Å². The second-order valence-corrected chi connectivity index (χ2v) is 7.57. The van der Waals surface area contributed by atoms with Gasteiger partial charge >= 0.3 is 0 Å². The standard InChI is InChI=1S/C22H27ClN2O3/c1-15(2)28-20-9-8-17(14-19(20)23)22(26)24-21-18-7-5-4-6-16(18)10-11-25(21)12-13-27-3/h4-9,14-15,21H,10-13H2,1-3H3,(H,24,26). The molecule has 0 saturated carbocycles. The first-order chi connectivity index (χ1) is 13.5. The third-order valence-electron chi connectivity index (χ3n) is 4.79. The van der Waals surface area contributed by atoms with Crippen LogP contribution in [0.15, 0.2) is 42.5 Å². The van der Waals surface area contributed by atoms with E-state index in [4.69, 9.17) is 21.1 Å². The van der Waals surface area contributed by atoms with Crippen molar-refractivity contribution in [2.24, 2.45) is 0 Å². The Morgan fingerprint density at radius 2 is 2.07 bits per heavy atom. The highest BCUT2D eigenvalue weighted by Gasteiger charge is 2.28. The summed E-state index contributed by atoms with van der Waals surface area (Å²) in [6.45, 7) is 6.10. The SMILES string of the molecule is COCCN1CCc2ccccc2C1NC(=O)c1ccc(OC(C)C)c(Cl)c1. The zero-order chi connectivity index (χ0) is 20.1. The van der Waals surface area contributed by atoms with Crippen molar-refractivity contribution in [2.45, 2.75) is 32.5 Å². The number of hydrogen-bond acceptors (Lipinski definition) is 4. The van der Waals surface area contributed by atoms with Crippen LogP contribution in [0.25, 0.3) is 0 Å². The number of rotatable bonds is 7. The molecule has 1 amide bonds. The number of methoxy groups -OCH3 is 1. The molecule has 1 atom stereocenters. The Morgan fingerprint density at radius 1 is 1.29 bits per heavy atom. The zero-order valence-electron chi connectivity index (χ0n) is 16.6. The highest BCUT2D eigenvalue weighted by molar-refractivity contribution is 6.32. The van der Waals surface area contributed by atoms with Gasteiger partial charge < -0.3 is 14.8 Å². The second kappa shape index (κ2) is 9.41. The topological polar surface area (TPSA) is 50.8 Å². The molecule has 0 bridgehead atoms. The van der Waals surface area contributed by atoms with E-state index < -0.39 is 0 Å². The van der Waals surface area contributed by atoms with E-state index >= 15 is 0 Å². The molecule has 28 heavy (non-hydrogen) atoms. The van der Waals surface area contributed by atoms with Crippen LogP contribution < -0.4 is 10.1 Å². The molecule has 3 rings (SSSR count). The molecule has 5 nitrogen and oxygen atoms in total. The summed E-state index contributed by atoms with van der Waals surface area (Å²) in [6, 6.07) is 13.4. The largest absolute Gasteiger partial charge is 0.489 e. The number of benzene rings is 2. The third-order valence-corrected chi connectivity index (χ3v) is 5.09. The van der Waals surface area contributed by atoms with E-state index in [1.807, 2.05) is 26.0 Å². The Bertz CT molecular complexity index is 825. The van der Waals surface area contributed by atoms with Gasteiger partial charge in [-0.05, 0) is 49.6 Å². The molecule has 150 valence electrons. The summed E-state index contributed by atoms with van der Waals surface area (Å²) in [6.07, 6.45) is 0.780. The first kappa shape index (κ1) is 20.6. The summed E-state index contributed by atoms with van der Waals surface area (Å²) in [5.74, 6) is 0.417. The lowest BCUT2D eigenvalue weighted by molar-refractivity contribution is 0.0745. The van der Waals surface area contributed by atoms with Gasteiger partial charge in [-0.1, -0.05) is 35.9 Å². The molecule has 0 spiro atoms. The number of nitrogens with one attached hydrogen (secondary N) is 1. The number of ether oxygens (including phenoxy) is 2. The monoisotopic (exact) mass is 402 g/mol. The molecule has 2 aromatic rings. The molecule has 1 aliphatic rings. The summed E-state index contributed by atoms with van der Waals surface area (Å²) < 4.78 is 10.9. The van der Waals surface area contributed by atoms with Gasteiger partial charge in [-0.2, -0.15) is 0 Å². The van der Waals surface area contributed by atoms with E-state index in [9.17, 15) is 4.79 Å². The van der Waals surface area contributed by atoms with Gasteiger partial charge in [0.1, 0.15) is 11.9 Å². The van der Waals surface area contributed by atoms with Crippen molar-refractivity contribution in [3.05, 3.63) is 64.2 Å². The summed E-state index contributed by atoms with van der Waals surface area (Å²) in [5, 5.41) is 3.60. The normalized spacial score (nSPS) is 16.7. The maximum absolute atomic E-state index is 13.0. The maximum Gasteiger partial charge on any atom is 0.252 e. The van der Waals surface area contributed by atoms with Crippen molar-refractivity contribution in [2.75, 3.05) is 26.8 Å². The lowest BCUT2D eigenvalue weighted by atomic mass is 9.96. The Morgan fingerprint density at radius 3 is 2.79 bits per heavy atom. The fourth-order valence-corrected chi connectivity index (χ4v) is 3.66. The first-order valence-corrected chi connectivity index (χ1v) is 9.95. The second-order valence-electron chi connectivity index (χ2n) is 7.17. The van der Waals surface area contributed by atoms with Crippen LogP contribution in [0.2, 0.25) is 5.02 Å². The zero-order valence-corrected chi connectivity index (χ0v) is 17.3. The van der Waals surface area contributed by atoms with E-state index in [1.165, 1.54) is 5.56 Å². The van der Waals surface area contributed by atoms with Gasteiger partial charge in [0.2, 0.25) is 0 Å². The molecular formula is C22H27ClN2O3.